The molecule has 4 nitrogen and oxygen atoms in total. The van der Waals surface area contributed by atoms with E-state index in [1.54, 1.807) is 19.2 Å². The van der Waals surface area contributed by atoms with Gasteiger partial charge in [0.25, 0.3) is 0 Å². The van der Waals surface area contributed by atoms with Gasteiger partial charge in [-0.25, -0.2) is 4.39 Å². The lowest BCUT2D eigenvalue weighted by Crippen LogP contribution is -2.59. The van der Waals surface area contributed by atoms with Crippen LogP contribution in [0.15, 0.2) is 18.2 Å². The van der Waals surface area contributed by atoms with Crippen LogP contribution in [0.1, 0.15) is 58.6 Å². The Balaban J connectivity index is 1.74. The molecular formula is C23H32FNO3. The predicted octanol–water partition coefficient (Wildman–Crippen LogP) is 4.49. The zero-order valence-corrected chi connectivity index (χ0v) is 17.5. The number of benzene rings is 1. The van der Waals surface area contributed by atoms with E-state index in [-0.39, 0.29) is 46.5 Å². The van der Waals surface area contributed by atoms with Crippen molar-refractivity contribution in [3.05, 3.63) is 29.6 Å². The van der Waals surface area contributed by atoms with Gasteiger partial charge in [-0.05, 0) is 54.1 Å². The molecule has 2 bridgehead atoms. The zero-order chi connectivity index (χ0) is 20.3. The van der Waals surface area contributed by atoms with E-state index >= 15 is 0 Å². The van der Waals surface area contributed by atoms with Gasteiger partial charge in [0.15, 0.2) is 0 Å². The Bertz CT molecular complexity index is 777. The fourth-order valence-corrected chi connectivity index (χ4v) is 6.35. The molecule has 1 saturated heterocycles. The summed E-state index contributed by atoms with van der Waals surface area (Å²) in [7, 11) is 1.58. The maximum absolute atomic E-state index is 14.9. The zero-order valence-electron chi connectivity index (χ0n) is 17.5. The normalized spacial score (nSPS) is 35.7. The Morgan fingerprint density at radius 3 is 2.79 bits per heavy atom. The minimum atomic E-state index is -0.329. The lowest BCUT2D eigenvalue weighted by Gasteiger charge is -2.53. The molecule has 154 valence electrons. The number of carbonyl (C=O) groups is 1. The minimum absolute atomic E-state index is 0.0300. The number of carbonyl (C=O) groups excluding carboxylic acids is 1. The Labute approximate surface area is 167 Å². The van der Waals surface area contributed by atoms with Gasteiger partial charge in [-0.15, -0.1) is 0 Å². The lowest BCUT2D eigenvalue weighted by molar-refractivity contribution is -0.139. The molecule has 1 spiro atoms. The standard InChI is InChI=1S/C23H32FNO3/c1-13(2)20(26)25-21-22(3,4)14-11-15-19(28-10-9-23(15,21)12-14)18-16(24)7-6-8-17(18)27-5/h6-8,13-15,19,21H,9-12H2,1-5H3,(H,25,26)/t14-,15-,19+,21-,23?/m1/s1. The molecule has 1 aromatic rings. The highest BCUT2D eigenvalue weighted by Gasteiger charge is 2.68. The fourth-order valence-electron chi connectivity index (χ4n) is 6.35. The van der Waals surface area contributed by atoms with Crippen molar-refractivity contribution in [3.63, 3.8) is 0 Å². The van der Waals surface area contributed by atoms with Gasteiger partial charge in [-0.3, -0.25) is 4.79 Å². The lowest BCUT2D eigenvalue weighted by atomic mass is 9.58. The number of ether oxygens (including phenoxy) is 2. The smallest absolute Gasteiger partial charge is 0.222 e. The van der Waals surface area contributed by atoms with Gasteiger partial charge < -0.3 is 14.8 Å². The average molecular weight is 390 g/mol. The molecule has 0 aromatic heterocycles. The van der Waals surface area contributed by atoms with Crippen molar-refractivity contribution in [2.45, 2.75) is 59.1 Å². The highest BCUT2D eigenvalue weighted by molar-refractivity contribution is 5.78. The maximum atomic E-state index is 14.9. The molecule has 2 saturated carbocycles. The van der Waals surface area contributed by atoms with Gasteiger partial charge >= 0.3 is 0 Å². The van der Waals surface area contributed by atoms with Crippen molar-refractivity contribution in [3.8, 4) is 5.75 Å². The van der Waals surface area contributed by atoms with E-state index in [9.17, 15) is 9.18 Å². The Hall–Kier alpha value is -1.62. The van der Waals surface area contributed by atoms with E-state index in [0.717, 1.165) is 19.3 Å². The van der Waals surface area contributed by atoms with Crippen molar-refractivity contribution in [1.29, 1.82) is 0 Å². The van der Waals surface area contributed by atoms with Crippen LogP contribution in [-0.2, 0) is 9.53 Å². The van der Waals surface area contributed by atoms with Gasteiger partial charge in [0.05, 0.1) is 18.8 Å². The number of rotatable bonds is 4. The largest absolute Gasteiger partial charge is 0.496 e. The first kappa shape index (κ1) is 19.7. The van der Waals surface area contributed by atoms with Crippen molar-refractivity contribution in [2.75, 3.05) is 13.7 Å². The molecule has 1 N–H and O–H groups in total. The van der Waals surface area contributed by atoms with Crippen LogP contribution < -0.4 is 10.1 Å². The molecule has 4 rings (SSSR count). The molecule has 1 aliphatic heterocycles. The van der Waals surface area contributed by atoms with Crippen molar-refractivity contribution < 1.29 is 18.7 Å². The number of amides is 1. The van der Waals surface area contributed by atoms with Crippen LogP contribution >= 0.6 is 0 Å². The number of hydrogen-bond donors (Lipinski definition) is 1. The van der Waals surface area contributed by atoms with Crippen LogP contribution in [0.25, 0.3) is 0 Å². The first-order valence-electron chi connectivity index (χ1n) is 10.5. The van der Waals surface area contributed by atoms with E-state index in [1.165, 1.54) is 6.07 Å². The molecule has 1 amide bonds. The maximum Gasteiger partial charge on any atom is 0.222 e. The number of halogens is 1. The predicted molar refractivity (Wildman–Crippen MR) is 105 cm³/mol. The van der Waals surface area contributed by atoms with Gasteiger partial charge in [-0.1, -0.05) is 33.8 Å². The molecule has 1 unspecified atom stereocenters. The van der Waals surface area contributed by atoms with Gasteiger partial charge in [0.2, 0.25) is 5.91 Å². The third-order valence-corrected chi connectivity index (χ3v) is 7.83. The van der Waals surface area contributed by atoms with Crippen molar-refractivity contribution >= 4 is 5.91 Å². The molecule has 5 atom stereocenters. The molecule has 28 heavy (non-hydrogen) atoms. The molecule has 5 heteroatoms. The molecule has 1 heterocycles. The number of methoxy groups -OCH3 is 1. The summed E-state index contributed by atoms with van der Waals surface area (Å²) in [6.45, 7) is 9.00. The quantitative estimate of drug-likeness (QED) is 0.825. The second-order valence-electron chi connectivity index (χ2n) is 9.79. The van der Waals surface area contributed by atoms with Crippen LogP contribution in [0.5, 0.6) is 5.75 Å². The van der Waals surface area contributed by atoms with Gasteiger partial charge in [0.1, 0.15) is 11.6 Å². The summed E-state index contributed by atoms with van der Waals surface area (Å²) in [4.78, 5) is 12.6. The first-order valence-corrected chi connectivity index (χ1v) is 10.5. The van der Waals surface area contributed by atoms with E-state index in [0.29, 0.717) is 23.8 Å². The molecule has 3 fully saturated rings. The summed E-state index contributed by atoms with van der Waals surface area (Å²) in [5.41, 5.74) is 0.519. The summed E-state index contributed by atoms with van der Waals surface area (Å²) < 4.78 is 26.5. The second-order valence-corrected chi connectivity index (χ2v) is 9.79. The summed E-state index contributed by atoms with van der Waals surface area (Å²) in [6.07, 6.45) is 2.66. The van der Waals surface area contributed by atoms with E-state index in [1.807, 2.05) is 13.8 Å². The van der Waals surface area contributed by atoms with Crippen molar-refractivity contribution in [1.82, 2.24) is 5.32 Å². The summed E-state index contributed by atoms with van der Waals surface area (Å²) >= 11 is 0. The minimum Gasteiger partial charge on any atom is -0.496 e. The van der Waals surface area contributed by atoms with E-state index in [2.05, 4.69) is 19.2 Å². The molecule has 0 radical (unpaired) electrons. The third kappa shape index (κ3) is 2.69. The van der Waals surface area contributed by atoms with E-state index in [4.69, 9.17) is 9.47 Å². The molecular weight excluding hydrogens is 357 g/mol. The first-order chi connectivity index (χ1) is 13.2. The highest BCUT2D eigenvalue weighted by atomic mass is 19.1. The van der Waals surface area contributed by atoms with Crippen LogP contribution in [-0.4, -0.2) is 25.7 Å². The Morgan fingerprint density at radius 2 is 2.11 bits per heavy atom. The average Bonchev–Trinajstić information content (AvgIpc) is 3.14. The summed E-state index contributed by atoms with van der Waals surface area (Å²) in [5, 5.41) is 3.39. The third-order valence-electron chi connectivity index (χ3n) is 7.83. The summed E-state index contributed by atoms with van der Waals surface area (Å²) in [5.74, 6) is 1.01. The molecule has 2 aliphatic carbocycles. The Morgan fingerprint density at radius 1 is 1.36 bits per heavy atom. The molecule has 3 aliphatic rings. The number of fused-ring (bicyclic) bond motifs is 1. The van der Waals surface area contributed by atoms with Crippen molar-refractivity contribution in [2.24, 2.45) is 28.6 Å². The number of hydrogen-bond acceptors (Lipinski definition) is 3. The Kier molecular flexibility index (Phi) is 4.72. The van der Waals surface area contributed by atoms with Crippen LogP contribution in [0.3, 0.4) is 0 Å². The van der Waals surface area contributed by atoms with Gasteiger partial charge in [0, 0.05) is 18.6 Å². The van der Waals surface area contributed by atoms with Gasteiger partial charge in [-0.2, -0.15) is 0 Å². The SMILES string of the molecule is COc1cccc(F)c1[C@H]1OCCC23C[C@@H](C[C@H]12)C(C)(C)[C@H]3NC(=O)C(C)C. The van der Waals surface area contributed by atoms with Crippen LogP contribution in [0.4, 0.5) is 4.39 Å². The monoisotopic (exact) mass is 389 g/mol. The fraction of sp³-hybridized carbons (Fsp3) is 0.696. The number of nitrogens with one attached hydrogen (secondary N) is 1. The van der Waals surface area contributed by atoms with Crippen LogP contribution in [0, 0.1) is 34.4 Å². The van der Waals surface area contributed by atoms with E-state index < -0.39 is 0 Å². The highest BCUT2D eigenvalue weighted by Crippen LogP contribution is 2.70. The van der Waals surface area contributed by atoms with Crippen LogP contribution in [0.2, 0.25) is 0 Å². The topological polar surface area (TPSA) is 47.6 Å². The summed E-state index contributed by atoms with van der Waals surface area (Å²) in [6, 6.07) is 5.05. The second kappa shape index (κ2) is 6.72. The molecule has 1 aromatic carbocycles.